The fraction of sp³-hybridized carbons (Fsp3) is 0.938. The Morgan fingerprint density at radius 2 is 1.47 bits per heavy atom. The molecule has 1 unspecified atom stereocenters. The van der Waals surface area contributed by atoms with E-state index in [0.717, 1.165) is 11.7 Å². The maximum Gasteiger partial charge on any atom is 0.166 e. The summed E-state index contributed by atoms with van der Waals surface area (Å²) < 4.78 is 0. The predicted octanol–water partition coefficient (Wildman–Crippen LogP) is 4.78. The van der Waals surface area contributed by atoms with Gasteiger partial charge in [0.05, 0.1) is 0 Å². The molecule has 0 fully saturated rings. The fourth-order valence-corrected chi connectivity index (χ4v) is 2.44. The summed E-state index contributed by atoms with van der Waals surface area (Å²) in [6.45, 7) is 7.71. The molecule has 0 aliphatic carbocycles. The Morgan fingerprint density at radius 1 is 0.895 bits per heavy atom. The molecule has 0 saturated carbocycles. The molecule has 19 heavy (non-hydrogen) atoms. The van der Waals surface area contributed by atoms with Gasteiger partial charge in [0.2, 0.25) is 0 Å². The van der Waals surface area contributed by atoms with Crippen molar-refractivity contribution >= 4 is 17.3 Å². The summed E-state index contributed by atoms with van der Waals surface area (Å²) >= 11 is 5.29. The number of hydrogen-bond donors (Lipinski definition) is 2. The van der Waals surface area contributed by atoms with Crippen molar-refractivity contribution in [2.75, 3.05) is 6.54 Å². The van der Waals surface area contributed by atoms with Gasteiger partial charge in [-0.15, -0.1) is 0 Å². The van der Waals surface area contributed by atoms with Crippen LogP contribution in [0.5, 0.6) is 0 Å². The molecule has 2 nitrogen and oxygen atoms in total. The van der Waals surface area contributed by atoms with E-state index < -0.39 is 0 Å². The minimum atomic E-state index is 0.494. The second kappa shape index (κ2) is 14.1. The van der Waals surface area contributed by atoms with E-state index in [0.29, 0.717) is 6.04 Å². The Hall–Kier alpha value is -0.310. The van der Waals surface area contributed by atoms with Crippen LogP contribution >= 0.6 is 12.2 Å². The van der Waals surface area contributed by atoms with E-state index in [1.165, 1.54) is 64.2 Å². The van der Waals surface area contributed by atoms with Gasteiger partial charge < -0.3 is 10.6 Å². The van der Waals surface area contributed by atoms with Crippen molar-refractivity contribution in [1.29, 1.82) is 0 Å². The number of thiocarbonyl (C=S) groups is 1. The maximum absolute atomic E-state index is 5.29. The molecule has 0 bridgehead atoms. The minimum absolute atomic E-state index is 0.494. The normalized spacial score (nSPS) is 12.2. The molecule has 0 radical (unpaired) electrons. The zero-order chi connectivity index (χ0) is 14.3. The molecule has 0 heterocycles. The Labute approximate surface area is 126 Å². The van der Waals surface area contributed by atoms with Crippen molar-refractivity contribution in [3.63, 3.8) is 0 Å². The molecule has 0 saturated heterocycles. The number of nitrogens with one attached hydrogen (secondary N) is 2. The lowest BCUT2D eigenvalue weighted by molar-refractivity contribution is 0.559. The molecule has 3 heteroatoms. The molecule has 114 valence electrons. The maximum atomic E-state index is 5.29. The molecule has 2 N–H and O–H groups in total. The Bertz CT molecular complexity index is 207. The summed E-state index contributed by atoms with van der Waals surface area (Å²) in [5, 5.41) is 7.49. The van der Waals surface area contributed by atoms with Gasteiger partial charge in [0.1, 0.15) is 0 Å². The van der Waals surface area contributed by atoms with E-state index in [1.807, 2.05) is 0 Å². The van der Waals surface area contributed by atoms with Gasteiger partial charge in [-0.25, -0.2) is 0 Å². The highest BCUT2D eigenvalue weighted by Crippen LogP contribution is 2.06. The van der Waals surface area contributed by atoms with Crippen molar-refractivity contribution in [3.05, 3.63) is 0 Å². The fourth-order valence-electron chi connectivity index (χ4n) is 2.14. The first-order chi connectivity index (χ1) is 9.20. The van der Waals surface area contributed by atoms with Crippen LogP contribution in [-0.4, -0.2) is 17.7 Å². The van der Waals surface area contributed by atoms with E-state index in [9.17, 15) is 0 Å². The second-order valence-electron chi connectivity index (χ2n) is 5.56. The number of rotatable bonds is 12. The molecule has 0 aliphatic heterocycles. The van der Waals surface area contributed by atoms with Crippen LogP contribution in [0.4, 0.5) is 0 Å². The van der Waals surface area contributed by atoms with Crippen molar-refractivity contribution < 1.29 is 0 Å². The molecule has 0 aromatic carbocycles. The second-order valence-corrected chi connectivity index (χ2v) is 5.97. The first kappa shape index (κ1) is 18.7. The summed E-state index contributed by atoms with van der Waals surface area (Å²) in [4.78, 5) is 0. The lowest BCUT2D eigenvalue weighted by Gasteiger charge is -2.16. The van der Waals surface area contributed by atoms with Gasteiger partial charge in [-0.05, 0) is 32.0 Å². The quantitative estimate of drug-likeness (QED) is 0.399. The van der Waals surface area contributed by atoms with Crippen LogP contribution in [-0.2, 0) is 0 Å². The molecular weight excluding hydrogens is 252 g/mol. The third kappa shape index (κ3) is 13.9. The van der Waals surface area contributed by atoms with Crippen LogP contribution in [0.3, 0.4) is 0 Å². The van der Waals surface area contributed by atoms with Crippen LogP contribution in [0, 0.1) is 0 Å². The van der Waals surface area contributed by atoms with Crippen molar-refractivity contribution in [1.82, 2.24) is 10.6 Å². The van der Waals surface area contributed by atoms with E-state index in [-0.39, 0.29) is 0 Å². The van der Waals surface area contributed by atoms with Gasteiger partial charge in [-0.3, -0.25) is 0 Å². The third-order valence-electron chi connectivity index (χ3n) is 3.43. The highest BCUT2D eigenvalue weighted by molar-refractivity contribution is 7.80. The van der Waals surface area contributed by atoms with Gasteiger partial charge in [0.15, 0.2) is 5.11 Å². The van der Waals surface area contributed by atoms with Crippen LogP contribution in [0.2, 0.25) is 0 Å². The minimum Gasteiger partial charge on any atom is -0.363 e. The Balaban J connectivity index is 3.28. The highest BCUT2D eigenvalue weighted by atomic mass is 32.1. The van der Waals surface area contributed by atoms with E-state index in [2.05, 4.69) is 31.4 Å². The van der Waals surface area contributed by atoms with Gasteiger partial charge in [-0.1, -0.05) is 65.2 Å². The summed E-state index contributed by atoms with van der Waals surface area (Å²) in [7, 11) is 0. The van der Waals surface area contributed by atoms with Crippen molar-refractivity contribution in [3.8, 4) is 0 Å². The molecule has 0 aromatic rings. The molecule has 0 amide bonds. The smallest absolute Gasteiger partial charge is 0.166 e. The first-order valence-corrected chi connectivity index (χ1v) is 8.65. The summed E-state index contributed by atoms with van der Waals surface area (Å²) in [5.41, 5.74) is 0. The zero-order valence-electron chi connectivity index (χ0n) is 13.3. The van der Waals surface area contributed by atoms with Gasteiger partial charge >= 0.3 is 0 Å². The summed E-state index contributed by atoms with van der Waals surface area (Å²) in [6.07, 6.45) is 13.2. The standard InChI is InChI=1S/C16H34N2S/c1-4-6-8-9-10-11-12-14-17-16(19)18-15(3)13-7-5-2/h15H,4-14H2,1-3H3,(H2,17,18,19). The zero-order valence-corrected chi connectivity index (χ0v) is 14.1. The molecule has 0 spiro atoms. The van der Waals surface area contributed by atoms with Gasteiger partial charge in [0, 0.05) is 12.6 Å². The van der Waals surface area contributed by atoms with Crippen molar-refractivity contribution in [2.45, 2.75) is 91.0 Å². The summed E-state index contributed by atoms with van der Waals surface area (Å²) in [6, 6.07) is 0.494. The Kier molecular flexibility index (Phi) is 13.9. The average Bonchev–Trinajstić information content (AvgIpc) is 2.39. The van der Waals surface area contributed by atoms with E-state index in [4.69, 9.17) is 12.2 Å². The molecular formula is C16H34N2S. The summed E-state index contributed by atoms with van der Waals surface area (Å²) in [5.74, 6) is 0. The van der Waals surface area contributed by atoms with Crippen LogP contribution in [0.1, 0.15) is 85.0 Å². The molecule has 1 atom stereocenters. The van der Waals surface area contributed by atoms with Crippen LogP contribution in [0.25, 0.3) is 0 Å². The monoisotopic (exact) mass is 286 g/mol. The lowest BCUT2D eigenvalue weighted by atomic mass is 10.1. The van der Waals surface area contributed by atoms with Gasteiger partial charge in [0.25, 0.3) is 0 Å². The van der Waals surface area contributed by atoms with Crippen LogP contribution < -0.4 is 10.6 Å². The largest absolute Gasteiger partial charge is 0.363 e. The molecule has 0 aromatic heterocycles. The lowest BCUT2D eigenvalue weighted by Crippen LogP contribution is -2.40. The number of hydrogen-bond acceptors (Lipinski definition) is 1. The van der Waals surface area contributed by atoms with E-state index in [1.54, 1.807) is 0 Å². The predicted molar refractivity (Wildman–Crippen MR) is 90.7 cm³/mol. The molecule has 0 aliphatic rings. The van der Waals surface area contributed by atoms with Crippen molar-refractivity contribution in [2.24, 2.45) is 0 Å². The van der Waals surface area contributed by atoms with Crippen LogP contribution in [0.15, 0.2) is 0 Å². The molecule has 0 rings (SSSR count). The SMILES string of the molecule is CCCCCCCCCNC(=S)NC(C)CCCC. The van der Waals surface area contributed by atoms with E-state index >= 15 is 0 Å². The topological polar surface area (TPSA) is 24.1 Å². The first-order valence-electron chi connectivity index (χ1n) is 8.25. The third-order valence-corrected chi connectivity index (χ3v) is 3.70. The van der Waals surface area contributed by atoms with Gasteiger partial charge in [-0.2, -0.15) is 0 Å². The highest BCUT2D eigenvalue weighted by Gasteiger charge is 2.02. The Morgan fingerprint density at radius 3 is 2.11 bits per heavy atom. The average molecular weight is 287 g/mol. The number of unbranched alkanes of at least 4 members (excludes halogenated alkanes) is 7.